The molecule has 0 radical (unpaired) electrons. The monoisotopic (exact) mass is 273 g/mol. The summed E-state index contributed by atoms with van der Waals surface area (Å²) < 4.78 is 24.0. The fourth-order valence-electron chi connectivity index (χ4n) is 3.73. The topological polar surface area (TPSA) is 63.2 Å². The van der Waals surface area contributed by atoms with Crippen molar-refractivity contribution in [2.24, 2.45) is 5.92 Å². The summed E-state index contributed by atoms with van der Waals surface area (Å²) in [6.45, 7) is 3.64. The van der Waals surface area contributed by atoms with Crippen LogP contribution in [0.3, 0.4) is 0 Å². The minimum atomic E-state index is -2.78. The normalized spacial score (nSPS) is 37.9. The van der Waals surface area contributed by atoms with Crippen LogP contribution in [0.25, 0.3) is 0 Å². The number of sulfone groups is 1. The third-order valence-corrected chi connectivity index (χ3v) is 6.56. The average Bonchev–Trinajstić information content (AvgIpc) is 2.34. The second-order valence-corrected chi connectivity index (χ2v) is 8.41. The van der Waals surface area contributed by atoms with E-state index in [1.807, 2.05) is 0 Å². The smallest absolute Gasteiger partial charge is 0.220 e. The lowest BCUT2D eigenvalue weighted by Gasteiger charge is -2.50. The molecule has 1 N–H and O–H groups in total. The van der Waals surface area contributed by atoms with Crippen LogP contribution in [0, 0.1) is 5.92 Å². The number of carbonyl (C=O) groups is 1. The van der Waals surface area contributed by atoms with E-state index in [1.54, 1.807) is 0 Å². The number of nitrogens with zero attached hydrogens (tertiary/aromatic N) is 1. The van der Waals surface area contributed by atoms with Gasteiger partial charge < -0.3 is 9.80 Å². The third kappa shape index (κ3) is 2.28. The highest BCUT2D eigenvalue weighted by Gasteiger charge is 2.45. The van der Waals surface area contributed by atoms with Crippen LogP contribution >= 0.6 is 0 Å². The lowest BCUT2D eigenvalue weighted by Crippen LogP contribution is -2.66. The standard InChI is InChI=1S/C12H20N2O3S/c15-12-2-1-10-9-14(4-3-11(10)13-12)5-7-18(16,17)8-6-14/h10-11H,1-9H2/p+1. The highest BCUT2D eigenvalue weighted by molar-refractivity contribution is 7.91. The summed E-state index contributed by atoms with van der Waals surface area (Å²) >= 11 is 0. The van der Waals surface area contributed by atoms with E-state index in [9.17, 15) is 13.2 Å². The highest BCUT2D eigenvalue weighted by atomic mass is 32.2. The molecule has 0 aromatic heterocycles. The van der Waals surface area contributed by atoms with Gasteiger partial charge in [0.05, 0.1) is 37.7 Å². The van der Waals surface area contributed by atoms with Gasteiger partial charge in [0, 0.05) is 24.8 Å². The number of hydrogen-bond acceptors (Lipinski definition) is 3. The van der Waals surface area contributed by atoms with E-state index in [0.29, 0.717) is 29.9 Å². The summed E-state index contributed by atoms with van der Waals surface area (Å²) in [7, 11) is -2.78. The minimum Gasteiger partial charge on any atom is -0.353 e. The molecule has 2 atom stereocenters. The summed E-state index contributed by atoms with van der Waals surface area (Å²) in [6, 6.07) is 0.341. The maximum Gasteiger partial charge on any atom is 0.220 e. The van der Waals surface area contributed by atoms with E-state index in [-0.39, 0.29) is 5.91 Å². The number of hydrogen-bond donors (Lipinski definition) is 1. The van der Waals surface area contributed by atoms with E-state index in [2.05, 4.69) is 5.32 Å². The summed E-state index contributed by atoms with van der Waals surface area (Å²) in [5.41, 5.74) is 0. The number of fused-ring (bicyclic) bond motifs is 1. The Hall–Kier alpha value is -0.620. The van der Waals surface area contributed by atoms with Crippen molar-refractivity contribution in [3.05, 3.63) is 0 Å². The SMILES string of the molecule is O=C1CCC2C[N+]3(CCC2N1)CCS(=O)(=O)CC3. The first-order valence-electron chi connectivity index (χ1n) is 6.83. The van der Waals surface area contributed by atoms with Gasteiger partial charge in [-0.3, -0.25) is 4.79 Å². The van der Waals surface area contributed by atoms with Crippen molar-refractivity contribution in [2.75, 3.05) is 37.7 Å². The molecule has 1 spiro atoms. The number of quaternary nitrogens is 1. The Morgan fingerprint density at radius 2 is 1.83 bits per heavy atom. The van der Waals surface area contributed by atoms with Gasteiger partial charge in [-0.25, -0.2) is 8.42 Å². The zero-order valence-corrected chi connectivity index (χ0v) is 11.4. The van der Waals surface area contributed by atoms with Crippen molar-refractivity contribution in [1.29, 1.82) is 0 Å². The molecule has 6 heteroatoms. The van der Waals surface area contributed by atoms with Crippen LogP contribution in [-0.2, 0) is 14.6 Å². The molecule has 2 unspecified atom stereocenters. The Bertz CT molecular complexity index is 446. The Kier molecular flexibility index (Phi) is 2.90. The molecular formula is C12H21N2O3S+. The maximum absolute atomic E-state index is 11.5. The molecule has 102 valence electrons. The van der Waals surface area contributed by atoms with Gasteiger partial charge in [0.15, 0.2) is 9.84 Å². The highest BCUT2D eigenvalue weighted by Crippen LogP contribution is 2.31. The molecule has 18 heavy (non-hydrogen) atoms. The molecule has 3 fully saturated rings. The molecule has 3 heterocycles. The number of nitrogens with one attached hydrogen (secondary N) is 1. The summed E-state index contributed by atoms with van der Waals surface area (Å²) in [6.07, 6.45) is 2.62. The predicted molar refractivity (Wildman–Crippen MR) is 67.7 cm³/mol. The second kappa shape index (κ2) is 4.20. The first-order valence-corrected chi connectivity index (χ1v) is 8.65. The van der Waals surface area contributed by atoms with E-state index in [1.165, 1.54) is 0 Å². The van der Waals surface area contributed by atoms with E-state index in [0.717, 1.165) is 43.5 Å². The van der Waals surface area contributed by atoms with Gasteiger partial charge in [0.1, 0.15) is 0 Å². The quantitative estimate of drug-likeness (QED) is 0.607. The molecule has 3 aliphatic rings. The number of rotatable bonds is 0. The second-order valence-electron chi connectivity index (χ2n) is 6.11. The van der Waals surface area contributed by atoms with Gasteiger partial charge in [0.2, 0.25) is 5.91 Å². The summed E-state index contributed by atoms with van der Waals surface area (Å²) in [5, 5.41) is 3.09. The molecule has 3 rings (SSSR count). The van der Waals surface area contributed by atoms with Crippen LogP contribution in [0.4, 0.5) is 0 Å². The van der Waals surface area contributed by atoms with E-state index in [4.69, 9.17) is 0 Å². The van der Waals surface area contributed by atoms with Gasteiger partial charge >= 0.3 is 0 Å². The predicted octanol–water partition coefficient (Wildman–Crippen LogP) is -0.470. The first-order chi connectivity index (χ1) is 8.48. The summed E-state index contributed by atoms with van der Waals surface area (Å²) in [5.74, 6) is 1.43. The molecule has 0 aliphatic carbocycles. The van der Waals surface area contributed by atoms with Crippen molar-refractivity contribution < 1.29 is 17.7 Å². The van der Waals surface area contributed by atoms with Crippen molar-refractivity contribution in [2.45, 2.75) is 25.3 Å². The number of amides is 1. The largest absolute Gasteiger partial charge is 0.353 e. The van der Waals surface area contributed by atoms with Gasteiger partial charge in [-0.15, -0.1) is 0 Å². The van der Waals surface area contributed by atoms with Gasteiger partial charge in [0.25, 0.3) is 0 Å². The van der Waals surface area contributed by atoms with E-state index >= 15 is 0 Å². The molecule has 3 aliphatic heterocycles. The molecule has 1 amide bonds. The molecule has 0 aromatic carbocycles. The summed E-state index contributed by atoms with van der Waals surface area (Å²) in [4.78, 5) is 11.4. The van der Waals surface area contributed by atoms with Gasteiger partial charge in [-0.05, 0) is 6.42 Å². The zero-order chi connectivity index (χ0) is 12.8. The molecular weight excluding hydrogens is 252 g/mol. The van der Waals surface area contributed by atoms with Crippen LogP contribution in [0.15, 0.2) is 0 Å². The Morgan fingerprint density at radius 1 is 1.11 bits per heavy atom. The fourth-order valence-corrected chi connectivity index (χ4v) is 5.26. The molecule has 0 aromatic rings. The Morgan fingerprint density at radius 3 is 2.56 bits per heavy atom. The van der Waals surface area contributed by atoms with Crippen LogP contribution in [0.1, 0.15) is 19.3 Å². The van der Waals surface area contributed by atoms with Gasteiger partial charge in [-0.2, -0.15) is 0 Å². The Balaban J connectivity index is 1.69. The van der Waals surface area contributed by atoms with Crippen molar-refractivity contribution >= 4 is 15.7 Å². The fraction of sp³-hybridized carbons (Fsp3) is 0.917. The Labute approximate surface area is 108 Å². The minimum absolute atomic E-state index is 0.186. The average molecular weight is 273 g/mol. The van der Waals surface area contributed by atoms with Crippen LogP contribution in [0.2, 0.25) is 0 Å². The zero-order valence-electron chi connectivity index (χ0n) is 10.6. The molecule has 0 saturated carbocycles. The lowest BCUT2D eigenvalue weighted by molar-refractivity contribution is -0.933. The van der Waals surface area contributed by atoms with Crippen molar-refractivity contribution in [3.8, 4) is 0 Å². The van der Waals surface area contributed by atoms with Gasteiger partial charge in [-0.1, -0.05) is 0 Å². The first kappa shape index (κ1) is 12.4. The van der Waals surface area contributed by atoms with Crippen molar-refractivity contribution in [1.82, 2.24) is 5.32 Å². The van der Waals surface area contributed by atoms with Crippen LogP contribution in [0.5, 0.6) is 0 Å². The number of piperidine rings is 2. The molecule has 5 nitrogen and oxygen atoms in total. The molecule has 0 bridgehead atoms. The lowest BCUT2D eigenvalue weighted by atomic mass is 9.83. The van der Waals surface area contributed by atoms with Crippen molar-refractivity contribution in [3.63, 3.8) is 0 Å². The van der Waals surface area contributed by atoms with Crippen LogP contribution in [-0.4, -0.2) is 62.5 Å². The molecule has 3 saturated heterocycles. The van der Waals surface area contributed by atoms with E-state index < -0.39 is 9.84 Å². The third-order valence-electron chi connectivity index (χ3n) is 4.95. The maximum atomic E-state index is 11.5. The number of carbonyl (C=O) groups excluding carboxylic acids is 1. The van der Waals surface area contributed by atoms with Crippen LogP contribution < -0.4 is 5.32 Å².